The van der Waals surface area contributed by atoms with Gasteiger partial charge in [-0.15, -0.1) is 0 Å². The average Bonchev–Trinajstić information content (AvgIpc) is 2.67. The van der Waals surface area contributed by atoms with Gasteiger partial charge in [0.05, 0.1) is 16.8 Å². The monoisotopic (exact) mass is 347 g/mol. The summed E-state index contributed by atoms with van der Waals surface area (Å²) in [6.07, 6.45) is 1.55. The fourth-order valence-electron chi connectivity index (χ4n) is 1.41. The minimum absolute atomic E-state index is 0.304. The van der Waals surface area contributed by atoms with E-state index >= 15 is 0 Å². The van der Waals surface area contributed by atoms with Crippen LogP contribution in [0.15, 0.2) is 44.1 Å². The number of hydrogen-bond donors (Lipinski definition) is 1. The maximum atomic E-state index is 13.1. The average molecular weight is 349 g/mol. The minimum atomic E-state index is -0.343. The van der Waals surface area contributed by atoms with E-state index < -0.39 is 0 Å². The third-order valence-corrected chi connectivity index (χ3v) is 3.54. The Morgan fingerprint density at radius 2 is 2.00 bits per heavy atom. The van der Waals surface area contributed by atoms with Gasteiger partial charge in [-0.25, -0.2) is 4.39 Å². The molecule has 1 atom stereocenters. The van der Waals surface area contributed by atoms with E-state index in [1.54, 1.807) is 24.5 Å². The van der Waals surface area contributed by atoms with Crippen molar-refractivity contribution < 1.29 is 8.81 Å². The molecule has 1 unspecified atom stereocenters. The highest BCUT2D eigenvalue weighted by molar-refractivity contribution is 9.10. The van der Waals surface area contributed by atoms with Crippen LogP contribution in [0.4, 0.5) is 4.39 Å². The zero-order valence-corrected chi connectivity index (χ0v) is 11.3. The molecule has 0 aliphatic rings. The van der Waals surface area contributed by atoms with E-state index in [1.165, 1.54) is 6.07 Å². The van der Waals surface area contributed by atoms with Gasteiger partial charge in [0, 0.05) is 5.56 Å². The van der Waals surface area contributed by atoms with E-state index in [9.17, 15) is 4.39 Å². The smallest absolute Gasteiger partial charge is 0.174 e. The van der Waals surface area contributed by atoms with Crippen molar-refractivity contribution >= 4 is 31.9 Å². The fraction of sp³-hybridized carbons (Fsp3) is 0.0909. The van der Waals surface area contributed by atoms with Crippen LogP contribution in [0.2, 0.25) is 0 Å². The number of nitrogens with two attached hydrogens (primary N) is 1. The molecule has 1 aromatic heterocycles. The normalized spacial score (nSPS) is 12.8. The summed E-state index contributed by atoms with van der Waals surface area (Å²) in [5.41, 5.74) is 7.69. The molecule has 5 heteroatoms. The van der Waals surface area contributed by atoms with Gasteiger partial charge in [-0.1, -0.05) is 6.07 Å². The van der Waals surface area contributed by atoms with E-state index in [0.29, 0.717) is 9.14 Å². The van der Waals surface area contributed by atoms with Gasteiger partial charge in [0.25, 0.3) is 0 Å². The lowest BCUT2D eigenvalue weighted by Crippen LogP contribution is -2.11. The summed E-state index contributed by atoms with van der Waals surface area (Å²) in [7, 11) is 0. The summed E-state index contributed by atoms with van der Waals surface area (Å²) in [6.45, 7) is 0. The van der Waals surface area contributed by atoms with Crippen LogP contribution >= 0.6 is 31.9 Å². The lowest BCUT2D eigenvalue weighted by atomic mass is 10.0. The van der Waals surface area contributed by atoms with Crippen molar-refractivity contribution in [3.8, 4) is 0 Å². The van der Waals surface area contributed by atoms with E-state index in [2.05, 4.69) is 31.9 Å². The molecular weight excluding hydrogens is 341 g/mol. The number of rotatable bonds is 2. The number of benzene rings is 1. The Morgan fingerprint density at radius 1 is 1.25 bits per heavy atom. The second-order valence-corrected chi connectivity index (χ2v) is 4.88. The molecule has 0 spiro atoms. The van der Waals surface area contributed by atoms with Crippen LogP contribution in [0.1, 0.15) is 17.2 Å². The quantitative estimate of drug-likeness (QED) is 0.891. The lowest BCUT2D eigenvalue weighted by Gasteiger charge is -2.11. The summed E-state index contributed by atoms with van der Waals surface area (Å²) in [4.78, 5) is 0. The van der Waals surface area contributed by atoms with Crippen molar-refractivity contribution in [1.29, 1.82) is 0 Å². The SMILES string of the molecule is NC(c1ccc(F)c(Br)c1)c1ccoc1Br. The molecule has 0 bridgehead atoms. The molecule has 0 amide bonds. The standard InChI is InChI=1S/C11H8Br2FNO/c12-8-5-6(1-2-9(8)14)10(15)7-3-4-16-11(7)13/h1-5,10H,15H2. The Morgan fingerprint density at radius 3 is 2.56 bits per heavy atom. The van der Waals surface area contributed by atoms with Crippen LogP contribution < -0.4 is 5.73 Å². The topological polar surface area (TPSA) is 39.2 Å². The Kier molecular flexibility index (Phi) is 3.47. The number of furan rings is 1. The highest BCUT2D eigenvalue weighted by Crippen LogP contribution is 2.29. The molecular formula is C11H8Br2FNO. The maximum Gasteiger partial charge on any atom is 0.174 e. The summed E-state index contributed by atoms with van der Waals surface area (Å²) < 4.78 is 19.2. The largest absolute Gasteiger partial charge is 0.457 e. The highest BCUT2D eigenvalue weighted by atomic mass is 79.9. The van der Waals surface area contributed by atoms with E-state index in [-0.39, 0.29) is 11.9 Å². The van der Waals surface area contributed by atoms with Gasteiger partial charge in [-0.05, 0) is 55.6 Å². The predicted molar refractivity (Wildman–Crippen MR) is 66.5 cm³/mol. The molecule has 0 radical (unpaired) electrons. The van der Waals surface area contributed by atoms with Crippen LogP contribution in [0, 0.1) is 5.82 Å². The summed E-state index contributed by atoms with van der Waals surface area (Å²) >= 11 is 6.40. The Labute approximate surface area is 109 Å². The van der Waals surface area contributed by atoms with Crippen molar-refractivity contribution in [2.45, 2.75) is 6.04 Å². The van der Waals surface area contributed by atoms with E-state index in [0.717, 1.165) is 11.1 Å². The first-order valence-corrected chi connectivity index (χ1v) is 6.11. The van der Waals surface area contributed by atoms with Crippen LogP contribution in [0.25, 0.3) is 0 Å². The summed E-state index contributed by atoms with van der Waals surface area (Å²) in [5, 5.41) is 0. The first-order valence-electron chi connectivity index (χ1n) is 4.53. The first-order chi connectivity index (χ1) is 7.59. The van der Waals surface area contributed by atoms with Crippen LogP contribution in [0.5, 0.6) is 0 Å². The lowest BCUT2D eigenvalue weighted by molar-refractivity contribution is 0.534. The zero-order valence-electron chi connectivity index (χ0n) is 8.08. The Bertz CT molecular complexity index is 512. The third kappa shape index (κ3) is 2.21. The fourth-order valence-corrected chi connectivity index (χ4v) is 2.30. The van der Waals surface area contributed by atoms with Crippen molar-refractivity contribution in [3.05, 3.63) is 56.6 Å². The molecule has 0 aliphatic heterocycles. The Hall–Kier alpha value is -0.650. The molecule has 2 nitrogen and oxygen atoms in total. The minimum Gasteiger partial charge on any atom is -0.457 e. The van der Waals surface area contributed by atoms with Crippen molar-refractivity contribution in [1.82, 2.24) is 0 Å². The predicted octanol–water partition coefficient (Wildman–Crippen LogP) is 3.99. The van der Waals surface area contributed by atoms with Crippen LogP contribution in [-0.2, 0) is 0 Å². The molecule has 84 valence electrons. The molecule has 0 saturated carbocycles. The second kappa shape index (κ2) is 4.69. The summed E-state index contributed by atoms with van der Waals surface area (Å²) in [6, 6.07) is 6.15. The van der Waals surface area contributed by atoms with Gasteiger partial charge in [0.15, 0.2) is 4.67 Å². The van der Waals surface area contributed by atoms with Gasteiger partial charge in [0.1, 0.15) is 5.82 Å². The summed E-state index contributed by atoms with van der Waals surface area (Å²) in [5.74, 6) is -0.304. The number of hydrogen-bond acceptors (Lipinski definition) is 2. The van der Waals surface area contributed by atoms with Crippen molar-refractivity contribution in [2.24, 2.45) is 5.73 Å². The maximum absolute atomic E-state index is 13.1. The molecule has 0 saturated heterocycles. The van der Waals surface area contributed by atoms with E-state index in [1.807, 2.05) is 0 Å². The van der Waals surface area contributed by atoms with Crippen LogP contribution in [0.3, 0.4) is 0 Å². The molecule has 16 heavy (non-hydrogen) atoms. The van der Waals surface area contributed by atoms with Crippen molar-refractivity contribution in [3.63, 3.8) is 0 Å². The van der Waals surface area contributed by atoms with Gasteiger partial charge >= 0.3 is 0 Å². The van der Waals surface area contributed by atoms with Gasteiger partial charge in [-0.3, -0.25) is 0 Å². The molecule has 2 rings (SSSR count). The van der Waals surface area contributed by atoms with Gasteiger partial charge in [-0.2, -0.15) is 0 Å². The second-order valence-electron chi connectivity index (χ2n) is 3.30. The van der Waals surface area contributed by atoms with Crippen molar-refractivity contribution in [2.75, 3.05) is 0 Å². The highest BCUT2D eigenvalue weighted by Gasteiger charge is 2.15. The molecule has 0 aliphatic carbocycles. The molecule has 2 N–H and O–H groups in total. The molecule has 2 aromatic rings. The molecule has 0 fully saturated rings. The third-order valence-electron chi connectivity index (χ3n) is 2.28. The van der Waals surface area contributed by atoms with Gasteiger partial charge < -0.3 is 10.2 Å². The Balaban J connectivity index is 2.38. The number of halogens is 3. The molecule has 1 heterocycles. The van der Waals surface area contributed by atoms with Crippen LogP contribution in [-0.4, -0.2) is 0 Å². The first kappa shape index (κ1) is 11.8. The van der Waals surface area contributed by atoms with Gasteiger partial charge in [0.2, 0.25) is 0 Å². The van der Waals surface area contributed by atoms with E-state index in [4.69, 9.17) is 10.2 Å². The zero-order chi connectivity index (χ0) is 11.7. The molecule has 1 aromatic carbocycles.